The molecule has 2 rings (SSSR count). The molecule has 0 N–H and O–H groups in total. The largest absolute Gasteiger partial charge is 0.336 e. The molecule has 0 bridgehead atoms. The first-order valence-electron chi connectivity index (χ1n) is 6.33. The highest BCUT2D eigenvalue weighted by Crippen LogP contribution is 2.26. The number of carbonyl (C=O) groups excluding carboxylic acids is 1. The minimum absolute atomic E-state index is 0.0852. The van der Waals surface area contributed by atoms with Crippen LogP contribution in [0.15, 0.2) is 22.7 Å². The van der Waals surface area contributed by atoms with E-state index in [9.17, 15) is 14.9 Å². The summed E-state index contributed by atoms with van der Waals surface area (Å²) in [6, 6.07) is 4.78. The molecule has 0 radical (unpaired) electrons. The van der Waals surface area contributed by atoms with Crippen molar-refractivity contribution in [3.05, 3.63) is 38.3 Å². The maximum Gasteiger partial charge on any atom is 0.284 e. The van der Waals surface area contributed by atoms with Crippen LogP contribution in [0.5, 0.6) is 0 Å². The average Bonchev–Trinajstić information content (AvgIpc) is 2.41. The number of amides is 1. The summed E-state index contributed by atoms with van der Waals surface area (Å²) in [6.07, 6.45) is 0. The van der Waals surface area contributed by atoms with Crippen LogP contribution in [-0.2, 0) is 0 Å². The number of piperazine rings is 1. The Labute approximate surface area is 125 Å². The molecule has 1 unspecified atom stereocenters. The molecule has 1 fully saturated rings. The van der Waals surface area contributed by atoms with Gasteiger partial charge in [0.25, 0.3) is 11.6 Å². The Bertz CT molecular complexity index is 550. The first-order chi connectivity index (χ1) is 9.40. The van der Waals surface area contributed by atoms with Gasteiger partial charge >= 0.3 is 0 Å². The lowest BCUT2D eigenvalue weighted by Gasteiger charge is -2.37. The fourth-order valence-corrected chi connectivity index (χ4v) is 2.59. The van der Waals surface area contributed by atoms with Crippen molar-refractivity contribution in [1.29, 1.82) is 0 Å². The van der Waals surface area contributed by atoms with E-state index >= 15 is 0 Å². The van der Waals surface area contributed by atoms with Gasteiger partial charge in [-0.2, -0.15) is 0 Å². The quantitative estimate of drug-likeness (QED) is 0.610. The van der Waals surface area contributed by atoms with Crippen molar-refractivity contribution in [2.45, 2.75) is 13.0 Å². The molecular weight excluding hydrogens is 326 g/mol. The molecule has 108 valence electrons. The zero-order valence-corrected chi connectivity index (χ0v) is 13.0. The number of benzene rings is 1. The van der Waals surface area contributed by atoms with Crippen molar-refractivity contribution in [2.24, 2.45) is 0 Å². The summed E-state index contributed by atoms with van der Waals surface area (Å²) in [5, 5.41) is 10.9. The summed E-state index contributed by atoms with van der Waals surface area (Å²) in [7, 11) is 2.02. The molecule has 0 aromatic heterocycles. The first kappa shape index (κ1) is 14.9. The highest BCUT2D eigenvalue weighted by Gasteiger charge is 2.26. The van der Waals surface area contributed by atoms with Crippen LogP contribution in [0.3, 0.4) is 0 Å². The summed E-state index contributed by atoms with van der Waals surface area (Å²) in [5.41, 5.74) is 0.273. The van der Waals surface area contributed by atoms with E-state index in [2.05, 4.69) is 27.8 Å². The van der Waals surface area contributed by atoms with Gasteiger partial charge in [-0.25, -0.2) is 0 Å². The molecular formula is C13H16BrN3O3. The van der Waals surface area contributed by atoms with Gasteiger partial charge in [-0.05, 0) is 42.0 Å². The molecule has 0 spiro atoms. The molecule has 7 heteroatoms. The van der Waals surface area contributed by atoms with Gasteiger partial charge < -0.3 is 9.80 Å². The van der Waals surface area contributed by atoms with Crippen molar-refractivity contribution in [1.82, 2.24) is 9.80 Å². The number of halogens is 1. The lowest BCUT2D eigenvalue weighted by Crippen LogP contribution is -2.52. The Balaban J connectivity index is 2.21. The van der Waals surface area contributed by atoms with Crippen LogP contribution < -0.4 is 0 Å². The van der Waals surface area contributed by atoms with Crippen molar-refractivity contribution >= 4 is 27.5 Å². The summed E-state index contributed by atoms with van der Waals surface area (Å²) in [4.78, 5) is 26.8. The van der Waals surface area contributed by atoms with E-state index in [1.54, 1.807) is 17.0 Å². The summed E-state index contributed by atoms with van der Waals surface area (Å²) in [5.74, 6) is -0.152. The van der Waals surface area contributed by atoms with Crippen LogP contribution in [-0.4, -0.2) is 53.4 Å². The first-order valence-corrected chi connectivity index (χ1v) is 7.13. The number of carbonyl (C=O) groups is 1. The van der Waals surface area contributed by atoms with Crippen molar-refractivity contribution < 1.29 is 9.72 Å². The van der Waals surface area contributed by atoms with E-state index in [1.165, 1.54) is 6.07 Å². The van der Waals surface area contributed by atoms with Gasteiger partial charge in [0.15, 0.2) is 0 Å². The van der Waals surface area contributed by atoms with E-state index in [1.807, 2.05) is 7.05 Å². The SMILES string of the molecule is CC1CN(C(=O)c2ccc(Br)c([N+](=O)[O-])c2)CCN1C. The smallest absolute Gasteiger partial charge is 0.284 e. The second-order valence-electron chi connectivity index (χ2n) is 5.00. The lowest BCUT2D eigenvalue weighted by atomic mass is 10.1. The summed E-state index contributed by atoms with van der Waals surface area (Å²) in [6.45, 7) is 4.15. The van der Waals surface area contributed by atoms with Gasteiger partial charge in [0.1, 0.15) is 0 Å². The predicted molar refractivity (Wildman–Crippen MR) is 78.8 cm³/mol. The standard InChI is InChI=1S/C13H16BrN3O3/c1-9-8-16(6-5-15(9)2)13(18)10-3-4-11(14)12(7-10)17(19)20/h3-4,7,9H,5-6,8H2,1-2H3. The van der Waals surface area contributed by atoms with Crippen LogP contribution in [0.25, 0.3) is 0 Å². The molecule has 1 aliphatic heterocycles. The molecule has 1 amide bonds. The molecule has 1 aromatic rings. The van der Waals surface area contributed by atoms with Crippen molar-refractivity contribution in [2.75, 3.05) is 26.7 Å². The Hall–Kier alpha value is -1.47. The molecule has 20 heavy (non-hydrogen) atoms. The number of nitro benzene ring substituents is 1. The summed E-state index contributed by atoms with van der Waals surface area (Å²) >= 11 is 3.12. The monoisotopic (exact) mass is 341 g/mol. The highest BCUT2D eigenvalue weighted by molar-refractivity contribution is 9.10. The third-order valence-electron chi connectivity index (χ3n) is 3.64. The van der Waals surface area contributed by atoms with Gasteiger partial charge in [0.05, 0.1) is 9.40 Å². The van der Waals surface area contributed by atoms with Gasteiger partial charge in [-0.15, -0.1) is 0 Å². The van der Waals surface area contributed by atoms with E-state index < -0.39 is 4.92 Å². The van der Waals surface area contributed by atoms with Crippen molar-refractivity contribution in [3.8, 4) is 0 Å². The Morgan fingerprint density at radius 1 is 1.45 bits per heavy atom. The van der Waals surface area contributed by atoms with E-state index in [0.717, 1.165) is 6.54 Å². The number of nitro groups is 1. The fourth-order valence-electron chi connectivity index (χ4n) is 2.20. The number of rotatable bonds is 2. The topological polar surface area (TPSA) is 66.7 Å². The van der Waals surface area contributed by atoms with Crippen molar-refractivity contribution in [3.63, 3.8) is 0 Å². The second-order valence-corrected chi connectivity index (χ2v) is 5.86. The molecule has 1 heterocycles. The number of hydrogen-bond donors (Lipinski definition) is 0. The van der Waals surface area contributed by atoms with E-state index in [4.69, 9.17) is 0 Å². The van der Waals surface area contributed by atoms with Crippen LogP contribution >= 0.6 is 15.9 Å². The van der Waals surface area contributed by atoms with E-state index in [-0.39, 0.29) is 17.6 Å². The predicted octanol–water partition coefficient (Wildman–Crippen LogP) is 2.13. The van der Waals surface area contributed by atoms with Gasteiger partial charge in [-0.3, -0.25) is 14.9 Å². The van der Waals surface area contributed by atoms with Gasteiger partial charge in [0.2, 0.25) is 0 Å². The molecule has 1 saturated heterocycles. The number of hydrogen-bond acceptors (Lipinski definition) is 4. The molecule has 1 aliphatic rings. The van der Waals surface area contributed by atoms with E-state index in [0.29, 0.717) is 23.1 Å². The fraction of sp³-hybridized carbons (Fsp3) is 0.462. The van der Waals surface area contributed by atoms with Crippen LogP contribution in [0, 0.1) is 10.1 Å². The maximum absolute atomic E-state index is 12.4. The zero-order valence-electron chi connectivity index (χ0n) is 11.4. The highest BCUT2D eigenvalue weighted by atomic mass is 79.9. The Morgan fingerprint density at radius 2 is 2.15 bits per heavy atom. The Morgan fingerprint density at radius 3 is 2.75 bits per heavy atom. The molecule has 6 nitrogen and oxygen atoms in total. The minimum Gasteiger partial charge on any atom is -0.336 e. The third kappa shape index (κ3) is 2.99. The lowest BCUT2D eigenvalue weighted by molar-refractivity contribution is -0.385. The third-order valence-corrected chi connectivity index (χ3v) is 4.31. The Kier molecular flexibility index (Phi) is 4.39. The minimum atomic E-state index is -0.493. The molecule has 0 saturated carbocycles. The van der Waals surface area contributed by atoms with Gasteiger partial charge in [-0.1, -0.05) is 0 Å². The maximum atomic E-state index is 12.4. The molecule has 1 aromatic carbocycles. The van der Waals surface area contributed by atoms with Crippen LogP contribution in [0.4, 0.5) is 5.69 Å². The normalized spacial score (nSPS) is 19.9. The van der Waals surface area contributed by atoms with Gasteiger partial charge in [0, 0.05) is 37.3 Å². The zero-order chi connectivity index (χ0) is 14.9. The summed E-state index contributed by atoms with van der Waals surface area (Å²) < 4.78 is 0.380. The number of nitrogens with zero attached hydrogens (tertiary/aromatic N) is 3. The average molecular weight is 342 g/mol. The number of likely N-dealkylation sites (N-methyl/N-ethyl adjacent to an activating group) is 1. The second kappa shape index (κ2) is 5.88. The molecule has 1 atom stereocenters. The van der Waals surface area contributed by atoms with Crippen LogP contribution in [0.1, 0.15) is 17.3 Å². The molecule has 0 aliphatic carbocycles. The van der Waals surface area contributed by atoms with Crippen LogP contribution in [0.2, 0.25) is 0 Å².